The molecule has 2 fully saturated rings. The molecule has 2 saturated heterocycles. The molecule has 2 heterocycles. The molecule has 0 bridgehead atoms. The summed E-state index contributed by atoms with van der Waals surface area (Å²) in [5, 5.41) is 2.96. The number of nitrogens with zero attached hydrogens (tertiary/aromatic N) is 2. The van der Waals surface area contributed by atoms with Gasteiger partial charge in [0.05, 0.1) is 10.8 Å². The summed E-state index contributed by atoms with van der Waals surface area (Å²) in [7, 11) is -3.73. The number of carbonyl (C=O) groups excluding carboxylic acids is 2. The summed E-state index contributed by atoms with van der Waals surface area (Å²) in [4.78, 5) is 27.6. The summed E-state index contributed by atoms with van der Waals surface area (Å²) in [5.74, 6) is -0.395. The quantitative estimate of drug-likeness (QED) is 0.666. The molecule has 1 N–H and O–H groups in total. The zero-order chi connectivity index (χ0) is 21.7. The lowest BCUT2D eigenvalue weighted by molar-refractivity contribution is -0.138. The van der Waals surface area contributed by atoms with Gasteiger partial charge in [-0.25, -0.2) is 8.42 Å². The second kappa shape index (κ2) is 9.92. The van der Waals surface area contributed by atoms with Gasteiger partial charge in [0.2, 0.25) is 21.8 Å². The molecule has 0 aliphatic carbocycles. The number of rotatable bonds is 7. The number of hydrogen-bond acceptors (Lipinski definition) is 4. The molecule has 1 unspecified atom stereocenters. The second-order valence-electron chi connectivity index (χ2n) is 8.35. The van der Waals surface area contributed by atoms with Crippen LogP contribution in [0.2, 0.25) is 0 Å². The standard InChI is InChI=1S/C22H33N3O4S/c1-3-4-13-23-21(26)18-7-5-14-24(16-18)22(27)20-8-6-15-25(20)30(28,29)19-11-9-17(2)10-12-19/h9-12,18,20H,3-8,13-16H2,1-2H3,(H,23,26)/t18?,20-/m0/s1. The average molecular weight is 436 g/mol. The van der Waals surface area contributed by atoms with Crippen molar-refractivity contribution in [2.24, 2.45) is 5.92 Å². The van der Waals surface area contributed by atoms with Gasteiger partial charge in [0.1, 0.15) is 6.04 Å². The van der Waals surface area contributed by atoms with E-state index >= 15 is 0 Å². The maximum Gasteiger partial charge on any atom is 0.243 e. The molecule has 1 aromatic rings. The van der Waals surface area contributed by atoms with E-state index in [0.29, 0.717) is 39.0 Å². The zero-order valence-corrected chi connectivity index (χ0v) is 18.8. The van der Waals surface area contributed by atoms with Crippen LogP contribution in [-0.4, -0.2) is 61.7 Å². The van der Waals surface area contributed by atoms with Crippen molar-refractivity contribution in [1.29, 1.82) is 0 Å². The minimum Gasteiger partial charge on any atom is -0.356 e. The molecule has 2 amide bonds. The summed E-state index contributed by atoms with van der Waals surface area (Å²) < 4.78 is 27.7. The molecule has 0 aromatic heterocycles. The highest BCUT2D eigenvalue weighted by Crippen LogP contribution is 2.29. The number of hydrogen-bond donors (Lipinski definition) is 1. The molecule has 166 valence electrons. The van der Waals surface area contributed by atoms with E-state index in [1.54, 1.807) is 29.2 Å². The summed E-state index contributed by atoms with van der Waals surface area (Å²) in [6, 6.07) is 6.06. The Hall–Kier alpha value is -1.93. The molecule has 0 saturated carbocycles. The van der Waals surface area contributed by atoms with Crippen LogP contribution in [-0.2, 0) is 19.6 Å². The topological polar surface area (TPSA) is 86.8 Å². The van der Waals surface area contributed by atoms with Gasteiger partial charge in [-0.05, 0) is 51.2 Å². The second-order valence-corrected chi connectivity index (χ2v) is 10.2. The maximum atomic E-state index is 13.3. The van der Waals surface area contributed by atoms with E-state index in [1.165, 1.54) is 4.31 Å². The van der Waals surface area contributed by atoms with Crippen molar-refractivity contribution in [2.75, 3.05) is 26.2 Å². The highest BCUT2D eigenvalue weighted by molar-refractivity contribution is 7.89. The van der Waals surface area contributed by atoms with Gasteiger partial charge >= 0.3 is 0 Å². The lowest BCUT2D eigenvalue weighted by Crippen LogP contribution is -2.52. The monoisotopic (exact) mass is 435 g/mol. The van der Waals surface area contributed by atoms with E-state index in [-0.39, 0.29) is 22.6 Å². The van der Waals surface area contributed by atoms with Crippen LogP contribution in [0, 0.1) is 12.8 Å². The molecule has 30 heavy (non-hydrogen) atoms. The summed E-state index contributed by atoms with van der Waals surface area (Å²) in [6.07, 6.45) is 4.66. The number of sulfonamides is 1. The lowest BCUT2D eigenvalue weighted by Gasteiger charge is -2.35. The van der Waals surface area contributed by atoms with Gasteiger partial charge in [-0.15, -0.1) is 0 Å². The fourth-order valence-electron chi connectivity index (χ4n) is 4.26. The first-order valence-electron chi connectivity index (χ1n) is 11.0. The van der Waals surface area contributed by atoms with E-state index in [0.717, 1.165) is 31.2 Å². The van der Waals surface area contributed by atoms with Gasteiger partial charge in [0.25, 0.3) is 0 Å². The van der Waals surface area contributed by atoms with Crippen molar-refractivity contribution in [3.63, 3.8) is 0 Å². The van der Waals surface area contributed by atoms with Crippen molar-refractivity contribution in [3.8, 4) is 0 Å². The Bertz CT molecular complexity index is 854. The van der Waals surface area contributed by atoms with Crippen LogP contribution in [0.15, 0.2) is 29.2 Å². The molecule has 0 radical (unpaired) electrons. The number of benzene rings is 1. The van der Waals surface area contributed by atoms with E-state index in [9.17, 15) is 18.0 Å². The van der Waals surface area contributed by atoms with Crippen molar-refractivity contribution >= 4 is 21.8 Å². The van der Waals surface area contributed by atoms with E-state index in [4.69, 9.17) is 0 Å². The largest absolute Gasteiger partial charge is 0.356 e. The van der Waals surface area contributed by atoms with E-state index in [1.807, 2.05) is 6.92 Å². The fourth-order valence-corrected chi connectivity index (χ4v) is 5.91. The highest BCUT2D eigenvalue weighted by atomic mass is 32.2. The molecule has 8 heteroatoms. The van der Waals surface area contributed by atoms with E-state index in [2.05, 4.69) is 12.2 Å². The highest BCUT2D eigenvalue weighted by Gasteiger charge is 2.42. The SMILES string of the molecule is CCCCNC(=O)C1CCCN(C(=O)[C@@H]2CCCN2S(=O)(=O)c2ccc(C)cc2)C1. The fraction of sp³-hybridized carbons (Fsp3) is 0.636. The predicted molar refractivity (Wildman–Crippen MR) is 115 cm³/mol. The van der Waals surface area contributed by atoms with Gasteiger partial charge in [0, 0.05) is 26.2 Å². The minimum atomic E-state index is -3.73. The van der Waals surface area contributed by atoms with Crippen LogP contribution in [0.3, 0.4) is 0 Å². The van der Waals surface area contributed by atoms with Crippen molar-refractivity contribution < 1.29 is 18.0 Å². The Labute approximate surface area is 179 Å². The zero-order valence-electron chi connectivity index (χ0n) is 18.0. The van der Waals surface area contributed by atoms with Gasteiger partial charge in [-0.2, -0.15) is 4.31 Å². The van der Waals surface area contributed by atoms with Crippen molar-refractivity contribution in [2.45, 2.75) is 63.3 Å². The minimum absolute atomic E-state index is 0.00324. The Morgan fingerprint density at radius 1 is 1.10 bits per heavy atom. The molecule has 1 aromatic carbocycles. The van der Waals surface area contributed by atoms with Gasteiger partial charge < -0.3 is 10.2 Å². The molecular weight excluding hydrogens is 402 g/mol. The molecule has 2 atom stereocenters. The third-order valence-corrected chi connectivity index (χ3v) is 7.97. The van der Waals surface area contributed by atoms with Crippen LogP contribution in [0.25, 0.3) is 0 Å². The van der Waals surface area contributed by atoms with Crippen molar-refractivity contribution in [1.82, 2.24) is 14.5 Å². The summed E-state index contributed by atoms with van der Waals surface area (Å²) in [5.41, 5.74) is 0.986. The predicted octanol–water partition coefficient (Wildman–Crippen LogP) is 2.30. The number of likely N-dealkylation sites (tertiary alicyclic amines) is 1. The number of amides is 2. The molecule has 0 spiro atoms. The molecule has 2 aliphatic heterocycles. The number of unbranched alkanes of at least 4 members (excludes halogenated alkanes) is 1. The van der Waals surface area contributed by atoms with Crippen LogP contribution in [0.5, 0.6) is 0 Å². The average Bonchev–Trinajstić information content (AvgIpc) is 3.24. The molecule has 2 aliphatic rings. The van der Waals surface area contributed by atoms with Gasteiger partial charge in [0.15, 0.2) is 0 Å². The summed E-state index contributed by atoms with van der Waals surface area (Å²) >= 11 is 0. The maximum absolute atomic E-state index is 13.3. The Morgan fingerprint density at radius 3 is 2.50 bits per heavy atom. The van der Waals surface area contributed by atoms with Crippen LogP contribution in [0.4, 0.5) is 0 Å². The lowest BCUT2D eigenvalue weighted by atomic mass is 9.96. The number of piperidine rings is 1. The Kier molecular flexibility index (Phi) is 7.52. The Morgan fingerprint density at radius 2 is 1.80 bits per heavy atom. The van der Waals surface area contributed by atoms with Gasteiger partial charge in [-0.1, -0.05) is 31.0 Å². The van der Waals surface area contributed by atoms with Crippen LogP contribution in [0.1, 0.15) is 51.0 Å². The summed E-state index contributed by atoms with van der Waals surface area (Å²) in [6.45, 7) is 5.93. The van der Waals surface area contributed by atoms with Crippen molar-refractivity contribution in [3.05, 3.63) is 29.8 Å². The number of carbonyl (C=O) groups is 2. The van der Waals surface area contributed by atoms with Crippen LogP contribution >= 0.6 is 0 Å². The third kappa shape index (κ3) is 5.03. The first-order chi connectivity index (χ1) is 14.3. The molecule has 3 rings (SSSR count). The Balaban J connectivity index is 1.69. The normalized spacial score (nSPS) is 22.8. The van der Waals surface area contributed by atoms with Gasteiger partial charge in [-0.3, -0.25) is 9.59 Å². The first kappa shape index (κ1) is 22.7. The molecule has 7 nitrogen and oxygen atoms in total. The van der Waals surface area contributed by atoms with Crippen LogP contribution < -0.4 is 5.32 Å². The van der Waals surface area contributed by atoms with E-state index < -0.39 is 16.1 Å². The number of nitrogens with one attached hydrogen (secondary N) is 1. The number of aryl methyl sites for hydroxylation is 1. The third-order valence-electron chi connectivity index (χ3n) is 6.05. The smallest absolute Gasteiger partial charge is 0.243 e. The molecular formula is C22H33N3O4S. The first-order valence-corrected chi connectivity index (χ1v) is 12.4.